The number of pyridine rings is 1. The summed E-state index contributed by atoms with van der Waals surface area (Å²) in [4.78, 5) is 28.3. The highest BCUT2D eigenvalue weighted by Gasteiger charge is 2.53. The Balaban J connectivity index is 0.00000192. The van der Waals surface area contributed by atoms with Gasteiger partial charge in [-0.3, -0.25) is 4.79 Å². The fraction of sp³-hybridized carbons (Fsp3) is 0.368. The number of aromatic hydroxyl groups is 1. The molecule has 2 aliphatic heterocycles. The molecule has 1 aliphatic carbocycles. The number of rotatable bonds is 2. The molecular weight excluding hydrogens is 386 g/mol. The van der Waals surface area contributed by atoms with Crippen molar-refractivity contribution in [1.29, 1.82) is 0 Å². The highest BCUT2D eigenvalue weighted by atomic mass is 35.5. The molecule has 8 nitrogen and oxygen atoms in total. The van der Waals surface area contributed by atoms with Gasteiger partial charge in [0.25, 0.3) is 5.56 Å². The van der Waals surface area contributed by atoms with Gasteiger partial charge >= 0.3 is 5.97 Å². The van der Waals surface area contributed by atoms with E-state index in [2.05, 4.69) is 9.88 Å². The summed E-state index contributed by atoms with van der Waals surface area (Å²) in [6, 6.07) is 6.05. The van der Waals surface area contributed by atoms with Crippen molar-refractivity contribution in [2.24, 2.45) is 17.6 Å². The van der Waals surface area contributed by atoms with E-state index in [4.69, 9.17) is 10.5 Å². The van der Waals surface area contributed by atoms with E-state index >= 15 is 0 Å². The largest absolute Gasteiger partial charge is 0.506 e. The first-order valence-electron chi connectivity index (χ1n) is 8.95. The summed E-state index contributed by atoms with van der Waals surface area (Å²) in [5.74, 6) is -0.214. The van der Waals surface area contributed by atoms with Crippen molar-refractivity contribution < 1.29 is 19.7 Å². The number of benzene rings is 1. The zero-order chi connectivity index (χ0) is 18.9. The number of halogens is 1. The molecular formula is C19H20ClN3O5. The third-order valence-electron chi connectivity index (χ3n) is 5.97. The van der Waals surface area contributed by atoms with Gasteiger partial charge in [-0.05, 0) is 24.0 Å². The molecule has 5 N–H and O–H groups in total. The predicted octanol–water partition coefficient (Wildman–Crippen LogP) is 1.20. The minimum absolute atomic E-state index is 0. The van der Waals surface area contributed by atoms with E-state index in [0.29, 0.717) is 46.9 Å². The lowest BCUT2D eigenvalue weighted by Gasteiger charge is -2.22. The lowest BCUT2D eigenvalue weighted by molar-refractivity contribution is 0.0691. The summed E-state index contributed by atoms with van der Waals surface area (Å²) in [5, 5.41) is 19.5. The summed E-state index contributed by atoms with van der Waals surface area (Å²) in [6.45, 7) is 2.14. The van der Waals surface area contributed by atoms with Crippen molar-refractivity contribution >= 4 is 24.1 Å². The first-order chi connectivity index (χ1) is 13.0. The number of carboxylic acids is 1. The number of anilines is 1. The van der Waals surface area contributed by atoms with Crippen molar-refractivity contribution in [2.75, 3.05) is 24.6 Å². The molecule has 2 fully saturated rings. The molecule has 0 spiro atoms. The van der Waals surface area contributed by atoms with Crippen LogP contribution in [0.25, 0.3) is 11.3 Å². The number of aromatic carboxylic acids is 1. The third-order valence-corrected chi connectivity index (χ3v) is 5.97. The maximum atomic E-state index is 12.2. The minimum atomic E-state index is -1.46. The molecule has 148 valence electrons. The van der Waals surface area contributed by atoms with Crippen LogP contribution in [0.1, 0.15) is 15.9 Å². The lowest BCUT2D eigenvalue weighted by atomic mass is 10.00. The van der Waals surface area contributed by atoms with Crippen LogP contribution in [-0.2, 0) is 6.42 Å². The Kier molecular flexibility index (Phi) is 4.28. The van der Waals surface area contributed by atoms with E-state index in [9.17, 15) is 19.8 Å². The van der Waals surface area contributed by atoms with Crippen molar-refractivity contribution in [3.05, 3.63) is 39.7 Å². The Bertz CT molecular complexity index is 1020. The van der Waals surface area contributed by atoms with Gasteiger partial charge in [0, 0.05) is 48.4 Å². The van der Waals surface area contributed by atoms with Crippen LogP contribution in [0.4, 0.5) is 5.69 Å². The maximum Gasteiger partial charge on any atom is 0.345 e. The number of aromatic nitrogens is 1. The van der Waals surface area contributed by atoms with E-state index in [1.165, 1.54) is 0 Å². The second kappa shape index (κ2) is 6.42. The number of hydrogen-bond acceptors (Lipinski definition) is 6. The number of nitrogens with two attached hydrogens (primary N) is 1. The molecule has 0 bridgehead atoms. The molecule has 1 unspecified atom stereocenters. The van der Waals surface area contributed by atoms with Crippen LogP contribution >= 0.6 is 12.4 Å². The number of piperidine rings is 1. The number of carbonyl (C=O) groups is 1. The molecule has 1 aromatic heterocycles. The monoisotopic (exact) mass is 405 g/mol. The van der Waals surface area contributed by atoms with Gasteiger partial charge in [-0.2, -0.15) is 0 Å². The Labute approximate surface area is 166 Å². The van der Waals surface area contributed by atoms with Gasteiger partial charge in [-0.15, -0.1) is 12.4 Å². The molecule has 3 atom stereocenters. The molecule has 1 aromatic carbocycles. The molecule has 1 saturated heterocycles. The zero-order valence-electron chi connectivity index (χ0n) is 14.8. The van der Waals surface area contributed by atoms with Crippen LogP contribution in [-0.4, -0.2) is 46.9 Å². The topological polar surface area (TPSA) is 129 Å². The molecule has 1 saturated carbocycles. The van der Waals surface area contributed by atoms with E-state index < -0.39 is 22.8 Å². The van der Waals surface area contributed by atoms with Gasteiger partial charge in [0.15, 0.2) is 5.56 Å². The average molecular weight is 406 g/mol. The number of carboxylic acid groups (broad SMARTS) is 1. The summed E-state index contributed by atoms with van der Waals surface area (Å²) < 4.78 is 5.85. The molecule has 3 aliphatic rings. The Hall–Kier alpha value is -2.71. The SMILES string of the molecule is Cl.NC1[C@H]2CN(c3ccc4c(c3)OCCc3c-4[nH]c(=O)c(C(=O)O)c3O)C[C@@H]12. The van der Waals surface area contributed by atoms with Gasteiger partial charge in [0.05, 0.1) is 12.3 Å². The molecule has 9 heteroatoms. The fourth-order valence-electron chi connectivity index (χ4n) is 4.38. The Morgan fingerprint density at radius 1 is 1.29 bits per heavy atom. The number of ether oxygens (including phenoxy) is 1. The van der Waals surface area contributed by atoms with Crippen molar-refractivity contribution in [2.45, 2.75) is 12.5 Å². The van der Waals surface area contributed by atoms with Gasteiger partial charge in [-0.25, -0.2) is 4.79 Å². The highest BCUT2D eigenvalue weighted by Crippen LogP contribution is 2.46. The van der Waals surface area contributed by atoms with E-state index in [1.807, 2.05) is 18.2 Å². The Morgan fingerprint density at radius 3 is 2.68 bits per heavy atom. The number of hydrogen-bond donors (Lipinski definition) is 4. The second-order valence-corrected chi connectivity index (χ2v) is 7.43. The highest BCUT2D eigenvalue weighted by molar-refractivity contribution is 5.92. The number of aromatic amines is 1. The van der Waals surface area contributed by atoms with Crippen LogP contribution in [0.3, 0.4) is 0 Å². The van der Waals surface area contributed by atoms with Crippen LogP contribution in [0.5, 0.6) is 11.5 Å². The van der Waals surface area contributed by atoms with Gasteiger partial charge in [-0.1, -0.05) is 0 Å². The summed E-state index contributed by atoms with van der Waals surface area (Å²) in [6.07, 6.45) is 0.297. The van der Waals surface area contributed by atoms with Crippen LogP contribution in [0.2, 0.25) is 0 Å². The summed E-state index contributed by atoms with van der Waals surface area (Å²) in [7, 11) is 0. The molecule has 2 aromatic rings. The molecule has 28 heavy (non-hydrogen) atoms. The first kappa shape index (κ1) is 18.6. The van der Waals surface area contributed by atoms with E-state index in [1.54, 1.807) is 0 Å². The smallest absolute Gasteiger partial charge is 0.345 e. The van der Waals surface area contributed by atoms with Gasteiger partial charge in [0.1, 0.15) is 11.5 Å². The number of fused-ring (bicyclic) bond motifs is 4. The summed E-state index contributed by atoms with van der Waals surface area (Å²) >= 11 is 0. The predicted molar refractivity (Wildman–Crippen MR) is 105 cm³/mol. The van der Waals surface area contributed by atoms with Gasteiger partial charge < -0.3 is 30.6 Å². The van der Waals surface area contributed by atoms with Crippen molar-refractivity contribution in [3.8, 4) is 22.8 Å². The van der Waals surface area contributed by atoms with Crippen molar-refractivity contribution in [3.63, 3.8) is 0 Å². The number of H-pyrrole nitrogens is 1. The minimum Gasteiger partial charge on any atom is -0.506 e. The lowest BCUT2D eigenvalue weighted by Crippen LogP contribution is -2.27. The van der Waals surface area contributed by atoms with Crippen molar-refractivity contribution in [1.82, 2.24) is 4.98 Å². The standard InChI is InChI=1S/C19H19N3O5.ClH/c20-15-11-6-22(7-12(11)15)8-1-2-9-13(5-8)27-4-3-10-16(9)21-18(24)14(17(10)23)19(25)26;/h1-2,5,11-12,15H,3-4,6-7,20H2,(H,25,26)(H2,21,23,24);1H/t11-,12+,15?;. The normalized spacial score (nSPS) is 24.2. The number of nitrogens with one attached hydrogen (secondary N) is 1. The first-order valence-corrected chi connectivity index (χ1v) is 8.95. The van der Waals surface area contributed by atoms with Crippen LogP contribution in [0, 0.1) is 11.8 Å². The van der Waals surface area contributed by atoms with Crippen LogP contribution < -0.4 is 20.9 Å². The van der Waals surface area contributed by atoms with Crippen LogP contribution in [0.15, 0.2) is 23.0 Å². The quantitative estimate of drug-likeness (QED) is 0.590. The molecule has 0 radical (unpaired) electrons. The van der Waals surface area contributed by atoms with E-state index in [0.717, 1.165) is 18.8 Å². The average Bonchev–Trinajstić information content (AvgIpc) is 3.06. The third kappa shape index (κ3) is 2.63. The van der Waals surface area contributed by atoms with E-state index in [-0.39, 0.29) is 19.0 Å². The fourth-order valence-corrected chi connectivity index (χ4v) is 4.38. The second-order valence-electron chi connectivity index (χ2n) is 7.43. The Morgan fingerprint density at radius 2 is 2.00 bits per heavy atom. The molecule has 3 heterocycles. The molecule has 5 rings (SSSR count). The molecule has 0 amide bonds. The number of nitrogens with zero attached hydrogens (tertiary/aromatic N) is 1. The van der Waals surface area contributed by atoms with Gasteiger partial charge in [0.2, 0.25) is 0 Å². The maximum absolute atomic E-state index is 12.2. The zero-order valence-corrected chi connectivity index (χ0v) is 15.7. The summed E-state index contributed by atoms with van der Waals surface area (Å²) in [5.41, 5.74) is 7.00.